The highest BCUT2D eigenvalue weighted by Gasteiger charge is 2.16. The van der Waals surface area contributed by atoms with Crippen LogP contribution < -0.4 is 10.1 Å². The minimum Gasteiger partial charge on any atom is -0.484 e. The number of carbonyl (C=O) groups excluding carboxylic acids is 1. The third-order valence-corrected chi connectivity index (χ3v) is 3.47. The second kappa shape index (κ2) is 9.27. The molecule has 6 heteroatoms. The summed E-state index contributed by atoms with van der Waals surface area (Å²) < 4.78 is 10.3. The molecule has 1 atom stereocenters. The van der Waals surface area contributed by atoms with E-state index in [1.165, 1.54) is 7.11 Å². The monoisotopic (exact) mass is 337 g/mol. The van der Waals surface area contributed by atoms with Crippen LogP contribution in [0.2, 0.25) is 0 Å². The van der Waals surface area contributed by atoms with E-state index in [-0.39, 0.29) is 24.3 Å². The molecule has 0 spiro atoms. The van der Waals surface area contributed by atoms with E-state index < -0.39 is 12.1 Å². The van der Waals surface area contributed by atoms with E-state index in [9.17, 15) is 9.59 Å². The van der Waals surface area contributed by atoms with Crippen LogP contribution in [-0.2, 0) is 20.7 Å². The van der Waals surface area contributed by atoms with E-state index in [2.05, 4.69) is 26.1 Å². The van der Waals surface area contributed by atoms with Crippen molar-refractivity contribution in [3.05, 3.63) is 29.8 Å². The highest BCUT2D eigenvalue weighted by Crippen LogP contribution is 2.17. The summed E-state index contributed by atoms with van der Waals surface area (Å²) in [5.74, 6) is -0.590. The van der Waals surface area contributed by atoms with E-state index in [0.717, 1.165) is 12.0 Å². The number of ether oxygens (including phenoxy) is 2. The highest BCUT2D eigenvalue weighted by molar-refractivity contribution is 5.77. The maximum atomic E-state index is 11.7. The molecule has 0 unspecified atom stereocenters. The fourth-order valence-corrected chi connectivity index (χ4v) is 1.98. The summed E-state index contributed by atoms with van der Waals surface area (Å²) in [4.78, 5) is 22.6. The van der Waals surface area contributed by atoms with Gasteiger partial charge in [0, 0.05) is 20.1 Å². The standard InChI is InChI=1S/C18H27NO5/c1-18(2,3)9-10-19-16(20)12-24-14-7-5-13(6-8-14)11-15(23-4)17(21)22/h5-8,15H,9-12H2,1-4H3,(H,19,20)(H,21,22)/t15-/m0/s1. The molecule has 134 valence electrons. The molecule has 0 aliphatic carbocycles. The lowest BCUT2D eigenvalue weighted by Gasteiger charge is -2.18. The average Bonchev–Trinajstić information content (AvgIpc) is 2.50. The first-order valence-electron chi connectivity index (χ1n) is 7.95. The maximum absolute atomic E-state index is 11.7. The third kappa shape index (κ3) is 7.97. The Labute approximate surface area is 143 Å². The molecule has 24 heavy (non-hydrogen) atoms. The molecule has 0 fully saturated rings. The van der Waals surface area contributed by atoms with Crippen LogP contribution in [0.25, 0.3) is 0 Å². The molecular formula is C18H27NO5. The molecule has 0 saturated heterocycles. The van der Waals surface area contributed by atoms with Crippen LogP contribution in [0.5, 0.6) is 5.75 Å². The molecular weight excluding hydrogens is 310 g/mol. The average molecular weight is 337 g/mol. The number of nitrogens with one attached hydrogen (secondary N) is 1. The van der Waals surface area contributed by atoms with Crippen molar-refractivity contribution in [2.45, 2.75) is 39.7 Å². The lowest BCUT2D eigenvalue weighted by atomic mass is 9.92. The summed E-state index contributed by atoms with van der Waals surface area (Å²) in [7, 11) is 1.37. The Balaban J connectivity index is 2.39. The summed E-state index contributed by atoms with van der Waals surface area (Å²) in [5.41, 5.74) is 1.01. The van der Waals surface area contributed by atoms with Crippen molar-refractivity contribution in [3.63, 3.8) is 0 Å². The van der Waals surface area contributed by atoms with Crippen molar-refractivity contribution in [2.75, 3.05) is 20.3 Å². The van der Waals surface area contributed by atoms with Crippen LogP contribution in [0.15, 0.2) is 24.3 Å². The van der Waals surface area contributed by atoms with Gasteiger partial charge in [-0.1, -0.05) is 32.9 Å². The van der Waals surface area contributed by atoms with E-state index in [0.29, 0.717) is 12.3 Å². The number of hydrogen-bond donors (Lipinski definition) is 2. The van der Waals surface area contributed by atoms with Crippen molar-refractivity contribution < 1.29 is 24.2 Å². The molecule has 1 aromatic rings. The number of carboxylic acid groups (broad SMARTS) is 1. The molecule has 0 radical (unpaired) electrons. The first-order valence-corrected chi connectivity index (χ1v) is 7.95. The Morgan fingerprint density at radius 1 is 1.21 bits per heavy atom. The Morgan fingerprint density at radius 3 is 2.33 bits per heavy atom. The number of methoxy groups -OCH3 is 1. The van der Waals surface area contributed by atoms with Crippen LogP contribution in [0.3, 0.4) is 0 Å². The van der Waals surface area contributed by atoms with Gasteiger partial charge in [0.15, 0.2) is 12.7 Å². The fourth-order valence-electron chi connectivity index (χ4n) is 1.98. The molecule has 2 N–H and O–H groups in total. The Bertz CT molecular complexity index is 533. The summed E-state index contributed by atoms with van der Waals surface area (Å²) in [5, 5.41) is 11.8. The first kappa shape index (κ1) is 20.0. The number of rotatable bonds is 9. The molecule has 0 heterocycles. The van der Waals surface area contributed by atoms with Gasteiger partial charge in [-0.05, 0) is 29.5 Å². The summed E-state index contributed by atoms with van der Waals surface area (Å²) in [6, 6.07) is 6.96. The zero-order chi connectivity index (χ0) is 18.2. The Kier molecular flexibility index (Phi) is 7.71. The summed E-state index contributed by atoms with van der Waals surface area (Å²) in [6.45, 7) is 6.94. The largest absolute Gasteiger partial charge is 0.484 e. The van der Waals surface area contributed by atoms with Gasteiger partial charge in [0.2, 0.25) is 0 Å². The lowest BCUT2D eigenvalue weighted by Crippen LogP contribution is -2.31. The number of carboxylic acids is 1. The number of carbonyl (C=O) groups is 2. The molecule has 0 aliphatic rings. The Morgan fingerprint density at radius 2 is 1.83 bits per heavy atom. The molecule has 1 amide bonds. The van der Waals surface area contributed by atoms with Crippen LogP contribution in [0.1, 0.15) is 32.8 Å². The Hall–Kier alpha value is -2.08. The zero-order valence-electron chi connectivity index (χ0n) is 14.8. The summed E-state index contributed by atoms with van der Waals surface area (Å²) >= 11 is 0. The minimum absolute atomic E-state index is 0.0423. The molecule has 0 bridgehead atoms. The van der Waals surface area contributed by atoms with E-state index in [4.69, 9.17) is 14.6 Å². The van der Waals surface area contributed by atoms with Crippen molar-refractivity contribution in [3.8, 4) is 5.75 Å². The van der Waals surface area contributed by atoms with Crippen molar-refractivity contribution >= 4 is 11.9 Å². The minimum atomic E-state index is -0.996. The molecule has 0 aromatic heterocycles. The van der Waals surface area contributed by atoms with Crippen LogP contribution in [0.4, 0.5) is 0 Å². The second-order valence-corrected chi connectivity index (χ2v) is 6.86. The van der Waals surface area contributed by atoms with E-state index in [1.807, 2.05) is 0 Å². The zero-order valence-corrected chi connectivity index (χ0v) is 14.8. The van der Waals surface area contributed by atoms with Crippen molar-refractivity contribution in [1.29, 1.82) is 0 Å². The molecule has 1 aromatic carbocycles. The molecule has 0 saturated carbocycles. The number of benzene rings is 1. The van der Waals surface area contributed by atoms with Gasteiger partial charge in [0.1, 0.15) is 5.75 Å². The van der Waals surface area contributed by atoms with Crippen LogP contribution in [0, 0.1) is 5.41 Å². The number of hydrogen-bond acceptors (Lipinski definition) is 4. The summed E-state index contributed by atoms with van der Waals surface area (Å²) in [6.07, 6.45) is 0.308. The predicted octanol–water partition coefficient (Wildman–Crippen LogP) is 2.26. The van der Waals surface area contributed by atoms with Crippen molar-refractivity contribution in [1.82, 2.24) is 5.32 Å². The molecule has 1 rings (SSSR count). The number of aliphatic carboxylic acids is 1. The highest BCUT2D eigenvalue weighted by atomic mass is 16.5. The first-order chi connectivity index (χ1) is 11.2. The van der Waals surface area contributed by atoms with E-state index >= 15 is 0 Å². The SMILES string of the molecule is CO[C@@H](Cc1ccc(OCC(=O)NCCC(C)(C)C)cc1)C(=O)O. The van der Waals surface area contributed by atoms with Gasteiger partial charge in [-0.25, -0.2) is 4.79 Å². The van der Waals surface area contributed by atoms with Crippen molar-refractivity contribution in [2.24, 2.45) is 5.41 Å². The molecule has 0 aliphatic heterocycles. The molecule has 6 nitrogen and oxygen atoms in total. The third-order valence-electron chi connectivity index (χ3n) is 3.47. The number of amides is 1. The van der Waals surface area contributed by atoms with Gasteiger partial charge in [-0.3, -0.25) is 4.79 Å². The fraction of sp³-hybridized carbons (Fsp3) is 0.556. The van der Waals surface area contributed by atoms with Gasteiger partial charge in [0.25, 0.3) is 5.91 Å². The second-order valence-electron chi connectivity index (χ2n) is 6.86. The van der Waals surface area contributed by atoms with Crippen LogP contribution in [-0.4, -0.2) is 43.3 Å². The topological polar surface area (TPSA) is 84.9 Å². The van der Waals surface area contributed by atoms with Gasteiger partial charge >= 0.3 is 5.97 Å². The van der Waals surface area contributed by atoms with Gasteiger partial charge in [-0.2, -0.15) is 0 Å². The van der Waals surface area contributed by atoms with Gasteiger partial charge in [-0.15, -0.1) is 0 Å². The van der Waals surface area contributed by atoms with Crippen LogP contribution >= 0.6 is 0 Å². The lowest BCUT2D eigenvalue weighted by molar-refractivity contribution is -0.148. The predicted molar refractivity (Wildman–Crippen MR) is 91.2 cm³/mol. The maximum Gasteiger partial charge on any atom is 0.333 e. The smallest absolute Gasteiger partial charge is 0.333 e. The quantitative estimate of drug-likeness (QED) is 0.722. The van der Waals surface area contributed by atoms with E-state index in [1.54, 1.807) is 24.3 Å². The normalized spacial score (nSPS) is 12.5. The van der Waals surface area contributed by atoms with Gasteiger partial charge in [0.05, 0.1) is 0 Å². The van der Waals surface area contributed by atoms with Gasteiger partial charge < -0.3 is 19.9 Å².